The van der Waals surface area contributed by atoms with Gasteiger partial charge in [-0.3, -0.25) is 4.52 Å². The fourth-order valence-corrected chi connectivity index (χ4v) is 2.41. The summed E-state index contributed by atoms with van der Waals surface area (Å²) < 4.78 is 24.0. The highest BCUT2D eigenvalue weighted by molar-refractivity contribution is 7.46. The number of hydrogen-bond acceptors (Lipinski definition) is 4. The molecule has 0 aromatic heterocycles. The Bertz CT molecular complexity index is 312. The van der Waals surface area contributed by atoms with Gasteiger partial charge in [-0.2, -0.15) is 0 Å². The Kier molecular flexibility index (Phi) is 17.5. The minimum Gasteiger partial charge on any atom is -0.377 e. The van der Waals surface area contributed by atoms with Crippen LogP contribution in [0.15, 0.2) is 0 Å². The van der Waals surface area contributed by atoms with E-state index in [4.69, 9.17) is 14.5 Å². The summed E-state index contributed by atoms with van der Waals surface area (Å²) in [5, 5.41) is 0. The van der Waals surface area contributed by atoms with Crippen molar-refractivity contribution in [1.82, 2.24) is 0 Å². The second-order valence-corrected chi connectivity index (χ2v) is 7.86. The minimum absolute atomic E-state index is 0.168. The van der Waals surface area contributed by atoms with Crippen LogP contribution in [0.25, 0.3) is 0 Å². The number of phosphoric ester groups is 1. The topological polar surface area (TPSA) is 91.8 Å². The lowest BCUT2D eigenvalue weighted by Crippen LogP contribution is -1.92. The van der Waals surface area contributed by atoms with Gasteiger partial charge < -0.3 is 19.3 Å². The predicted molar refractivity (Wildman–Crippen MR) is 101 cm³/mol. The molecule has 1 unspecified atom stereocenters. The van der Waals surface area contributed by atoms with E-state index in [9.17, 15) is 4.57 Å². The Labute approximate surface area is 153 Å². The van der Waals surface area contributed by atoms with Crippen LogP contribution in [0, 0.1) is 0 Å². The van der Waals surface area contributed by atoms with Gasteiger partial charge in [0.2, 0.25) is 0 Å². The molecule has 2 aliphatic rings. The van der Waals surface area contributed by atoms with Gasteiger partial charge in [0.15, 0.2) is 0 Å². The van der Waals surface area contributed by atoms with Crippen LogP contribution in [0.2, 0.25) is 0 Å². The molecule has 0 bridgehead atoms. The number of epoxide rings is 2. The molecule has 2 fully saturated rings. The molecule has 0 spiro atoms. The quantitative estimate of drug-likeness (QED) is 0.269. The van der Waals surface area contributed by atoms with Gasteiger partial charge in [-0.1, -0.05) is 71.1 Å². The van der Waals surface area contributed by atoms with Crippen molar-refractivity contribution in [2.24, 2.45) is 0 Å². The lowest BCUT2D eigenvalue weighted by molar-refractivity contribution is 0.193. The van der Waals surface area contributed by atoms with E-state index >= 15 is 0 Å². The average molecular weight is 382 g/mol. The summed E-state index contributed by atoms with van der Waals surface area (Å²) in [6.07, 6.45) is 14.0. The molecule has 0 aromatic carbocycles. The molecule has 0 saturated carbocycles. The second kappa shape index (κ2) is 17.4. The van der Waals surface area contributed by atoms with Crippen LogP contribution in [0.5, 0.6) is 0 Å². The number of hydrogen-bond donors (Lipinski definition) is 2. The molecule has 2 saturated heterocycles. The first kappa shape index (κ1) is 25.0. The molecule has 6 nitrogen and oxygen atoms in total. The maximum atomic E-state index is 10.4. The SMILES string of the molecule is C1CO1.CC1CO1.CCCCCCCCCCCCCOP(=O)(O)O. The van der Waals surface area contributed by atoms with Crippen LogP contribution < -0.4 is 0 Å². The van der Waals surface area contributed by atoms with E-state index in [1.165, 1.54) is 51.4 Å². The number of ether oxygens (including phenoxy) is 2. The third kappa shape index (κ3) is 32.2. The van der Waals surface area contributed by atoms with E-state index in [0.29, 0.717) is 6.10 Å². The maximum Gasteiger partial charge on any atom is 0.469 e. The van der Waals surface area contributed by atoms with Gasteiger partial charge in [-0.15, -0.1) is 0 Å². The standard InChI is InChI=1S/C13H29O4P.C3H6O.C2H4O/c1-2-3-4-5-6-7-8-9-10-11-12-13-17-18(14,15)16;1-3-2-4-3;1-2-3-1/h2-13H2,1H3,(H2,14,15,16);3H,2H2,1H3;1-2H2. The van der Waals surface area contributed by atoms with E-state index in [0.717, 1.165) is 39.1 Å². The molecule has 2 N–H and O–H groups in total. The summed E-state index contributed by atoms with van der Waals surface area (Å²) >= 11 is 0. The van der Waals surface area contributed by atoms with Crippen molar-refractivity contribution >= 4 is 7.82 Å². The van der Waals surface area contributed by atoms with Crippen LogP contribution in [0.1, 0.15) is 84.5 Å². The van der Waals surface area contributed by atoms with Crippen molar-refractivity contribution < 1.29 is 28.3 Å². The molecule has 2 aliphatic heterocycles. The zero-order chi connectivity index (χ0) is 18.8. The molecule has 152 valence electrons. The molecule has 1 atom stereocenters. The van der Waals surface area contributed by atoms with Crippen molar-refractivity contribution in [2.75, 3.05) is 26.4 Å². The lowest BCUT2D eigenvalue weighted by Gasteiger charge is -2.05. The van der Waals surface area contributed by atoms with E-state index in [1.54, 1.807) is 0 Å². The normalized spacial score (nSPS) is 17.8. The molecular formula is C18H39O6P. The fourth-order valence-electron chi connectivity index (χ4n) is 2.05. The van der Waals surface area contributed by atoms with Crippen molar-refractivity contribution in [1.29, 1.82) is 0 Å². The van der Waals surface area contributed by atoms with E-state index in [-0.39, 0.29) is 6.61 Å². The number of unbranched alkanes of at least 4 members (excludes halogenated alkanes) is 10. The van der Waals surface area contributed by atoms with Crippen LogP contribution in [-0.4, -0.2) is 42.3 Å². The zero-order valence-electron chi connectivity index (χ0n) is 16.2. The smallest absolute Gasteiger partial charge is 0.377 e. The first-order chi connectivity index (χ1) is 12.0. The van der Waals surface area contributed by atoms with Crippen molar-refractivity contribution in [3.63, 3.8) is 0 Å². The summed E-state index contributed by atoms with van der Waals surface area (Å²) in [6.45, 7) is 7.44. The Morgan fingerprint density at radius 2 is 1.28 bits per heavy atom. The summed E-state index contributed by atoms with van der Waals surface area (Å²) in [5.74, 6) is 0. The molecule has 2 heterocycles. The van der Waals surface area contributed by atoms with Gasteiger partial charge in [0.25, 0.3) is 0 Å². The molecule has 0 aromatic rings. The summed E-state index contributed by atoms with van der Waals surface area (Å²) in [5.41, 5.74) is 0. The van der Waals surface area contributed by atoms with E-state index < -0.39 is 7.82 Å². The highest BCUT2D eigenvalue weighted by atomic mass is 31.2. The monoisotopic (exact) mass is 382 g/mol. The Morgan fingerprint density at radius 1 is 0.920 bits per heavy atom. The highest BCUT2D eigenvalue weighted by Gasteiger charge is 2.13. The maximum absolute atomic E-state index is 10.4. The van der Waals surface area contributed by atoms with Crippen molar-refractivity contribution in [3.8, 4) is 0 Å². The number of phosphoric acid groups is 1. The lowest BCUT2D eigenvalue weighted by atomic mass is 10.1. The van der Waals surface area contributed by atoms with Crippen LogP contribution >= 0.6 is 7.82 Å². The molecular weight excluding hydrogens is 343 g/mol. The molecule has 0 amide bonds. The zero-order valence-corrected chi connectivity index (χ0v) is 17.1. The summed E-state index contributed by atoms with van der Waals surface area (Å²) in [6, 6.07) is 0. The summed E-state index contributed by atoms with van der Waals surface area (Å²) in [7, 11) is -4.25. The second-order valence-electron chi connectivity index (χ2n) is 6.62. The Hall–Kier alpha value is 0.0300. The van der Waals surface area contributed by atoms with Gasteiger partial charge in [0.1, 0.15) is 0 Å². The summed E-state index contributed by atoms with van der Waals surface area (Å²) in [4.78, 5) is 16.9. The highest BCUT2D eigenvalue weighted by Crippen LogP contribution is 2.35. The molecule has 25 heavy (non-hydrogen) atoms. The van der Waals surface area contributed by atoms with Crippen molar-refractivity contribution in [3.05, 3.63) is 0 Å². The van der Waals surface area contributed by atoms with Gasteiger partial charge >= 0.3 is 7.82 Å². The Morgan fingerprint density at radius 3 is 1.56 bits per heavy atom. The third-order valence-electron chi connectivity index (χ3n) is 3.71. The molecule has 2 rings (SSSR count). The van der Waals surface area contributed by atoms with Gasteiger partial charge in [-0.05, 0) is 13.3 Å². The first-order valence-corrected chi connectivity index (χ1v) is 11.4. The van der Waals surface area contributed by atoms with Gasteiger partial charge in [0, 0.05) is 0 Å². The van der Waals surface area contributed by atoms with E-state index in [2.05, 4.69) is 23.1 Å². The van der Waals surface area contributed by atoms with Gasteiger partial charge in [-0.25, -0.2) is 4.57 Å². The van der Waals surface area contributed by atoms with Gasteiger partial charge in [0.05, 0.1) is 32.5 Å². The average Bonchev–Trinajstić information content (AvgIpc) is 3.42. The first-order valence-electron chi connectivity index (χ1n) is 9.85. The predicted octanol–water partition coefficient (Wildman–Crippen LogP) is 4.83. The van der Waals surface area contributed by atoms with Crippen LogP contribution in [0.4, 0.5) is 0 Å². The van der Waals surface area contributed by atoms with Crippen molar-refractivity contribution in [2.45, 2.75) is 90.6 Å². The fraction of sp³-hybridized carbons (Fsp3) is 1.00. The van der Waals surface area contributed by atoms with Crippen LogP contribution in [-0.2, 0) is 18.6 Å². The third-order valence-corrected chi connectivity index (χ3v) is 4.23. The minimum atomic E-state index is -4.25. The number of rotatable bonds is 13. The Balaban J connectivity index is 0.000000661. The molecule has 7 heteroatoms. The molecule has 0 radical (unpaired) electrons. The van der Waals surface area contributed by atoms with E-state index in [1.807, 2.05) is 0 Å². The van der Waals surface area contributed by atoms with Crippen LogP contribution in [0.3, 0.4) is 0 Å². The largest absolute Gasteiger partial charge is 0.469 e. The molecule has 0 aliphatic carbocycles.